The summed E-state index contributed by atoms with van der Waals surface area (Å²) in [4.78, 5) is 11.1. The summed E-state index contributed by atoms with van der Waals surface area (Å²) in [5, 5.41) is 3.31. The lowest BCUT2D eigenvalue weighted by Gasteiger charge is -2.24. The fourth-order valence-electron chi connectivity index (χ4n) is 2.28. The van der Waals surface area contributed by atoms with Crippen molar-refractivity contribution in [1.82, 2.24) is 9.97 Å². The number of anilines is 2. The third kappa shape index (κ3) is 2.90. The van der Waals surface area contributed by atoms with Crippen LogP contribution >= 0.6 is 0 Å². The second-order valence-electron chi connectivity index (χ2n) is 4.36. The molecule has 2 rings (SSSR count). The summed E-state index contributed by atoms with van der Waals surface area (Å²) in [6.07, 6.45) is 3.65. The molecular formula is C13H22N4O. The van der Waals surface area contributed by atoms with Gasteiger partial charge in [0.15, 0.2) is 0 Å². The highest BCUT2D eigenvalue weighted by Crippen LogP contribution is 2.24. The van der Waals surface area contributed by atoms with E-state index in [2.05, 4.69) is 34.0 Å². The fourth-order valence-corrected chi connectivity index (χ4v) is 2.28. The Balaban J connectivity index is 2.27. The highest BCUT2D eigenvalue weighted by molar-refractivity contribution is 5.58. The zero-order valence-electron chi connectivity index (χ0n) is 11.3. The van der Waals surface area contributed by atoms with E-state index in [9.17, 15) is 0 Å². The summed E-state index contributed by atoms with van der Waals surface area (Å²) in [5.41, 5.74) is 1.21. The Morgan fingerprint density at radius 2 is 2.17 bits per heavy atom. The third-order valence-corrected chi connectivity index (χ3v) is 3.14. The highest BCUT2D eigenvalue weighted by atomic mass is 16.5. The zero-order chi connectivity index (χ0) is 12.8. The monoisotopic (exact) mass is 250 g/mol. The molecule has 2 heterocycles. The third-order valence-electron chi connectivity index (χ3n) is 3.14. The quantitative estimate of drug-likeness (QED) is 0.881. The summed E-state index contributed by atoms with van der Waals surface area (Å²) < 4.78 is 5.50. The molecule has 0 radical (unpaired) electrons. The van der Waals surface area contributed by atoms with Crippen LogP contribution in [0.4, 0.5) is 11.6 Å². The van der Waals surface area contributed by atoms with Gasteiger partial charge in [0.05, 0.1) is 6.61 Å². The maximum atomic E-state index is 5.50. The maximum absolute atomic E-state index is 5.50. The first-order chi connectivity index (χ1) is 8.86. The van der Waals surface area contributed by atoms with Crippen LogP contribution in [-0.2, 0) is 11.2 Å². The molecule has 18 heavy (non-hydrogen) atoms. The van der Waals surface area contributed by atoms with Crippen LogP contribution in [0.15, 0.2) is 6.33 Å². The normalized spacial score (nSPS) is 16.4. The minimum atomic E-state index is 0.781. The molecule has 0 aromatic carbocycles. The van der Waals surface area contributed by atoms with Gasteiger partial charge in [0.1, 0.15) is 18.0 Å². The van der Waals surface area contributed by atoms with Crippen LogP contribution < -0.4 is 10.2 Å². The van der Waals surface area contributed by atoms with Crippen molar-refractivity contribution in [2.45, 2.75) is 26.7 Å². The van der Waals surface area contributed by atoms with Crippen LogP contribution in [0.3, 0.4) is 0 Å². The van der Waals surface area contributed by atoms with Gasteiger partial charge >= 0.3 is 0 Å². The molecule has 0 unspecified atom stereocenters. The lowest BCUT2D eigenvalue weighted by atomic mass is 10.2. The molecule has 0 atom stereocenters. The Morgan fingerprint density at radius 3 is 2.94 bits per heavy atom. The summed E-state index contributed by atoms with van der Waals surface area (Å²) >= 11 is 0. The Bertz CT molecular complexity index is 375. The average Bonchev–Trinajstić information content (AvgIpc) is 2.67. The molecule has 0 bridgehead atoms. The molecule has 1 aliphatic heterocycles. The van der Waals surface area contributed by atoms with Crippen LogP contribution in [0.2, 0.25) is 0 Å². The summed E-state index contributed by atoms with van der Waals surface area (Å²) in [5.74, 6) is 2.03. The molecule has 0 amide bonds. The van der Waals surface area contributed by atoms with Crippen molar-refractivity contribution in [1.29, 1.82) is 0 Å². The molecule has 1 N–H and O–H groups in total. The molecule has 1 aliphatic rings. The lowest BCUT2D eigenvalue weighted by molar-refractivity contribution is 0.152. The van der Waals surface area contributed by atoms with Crippen molar-refractivity contribution in [2.24, 2.45) is 0 Å². The maximum Gasteiger partial charge on any atom is 0.137 e. The molecule has 1 fully saturated rings. The Morgan fingerprint density at radius 1 is 1.28 bits per heavy atom. The number of hydrogen-bond acceptors (Lipinski definition) is 5. The minimum absolute atomic E-state index is 0.781. The van der Waals surface area contributed by atoms with Gasteiger partial charge in [-0.15, -0.1) is 0 Å². The van der Waals surface area contributed by atoms with Crippen LogP contribution in [-0.4, -0.2) is 42.8 Å². The molecule has 100 valence electrons. The summed E-state index contributed by atoms with van der Waals surface area (Å²) in [7, 11) is 0. The largest absolute Gasteiger partial charge is 0.380 e. The highest BCUT2D eigenvalue weighted by Gasteiger charge is 2.17. The second kappa shape index (κ2) is 6.54. The van der Waals surface area contributed by atoms with Gasteiger partial charge in [-0.1, -0.05) is 6.92 Å². The molecule has 1 saturated heterocycles. The Hall–Kier alpha value is -1.36. The molecule has 1 aromatic heterocycles. The van der Waals surface area contributed by atoms with Gasteiger partial charge in [-0.25, -0.2) is 9.97 Å². The molecule has 0 spiro atoms. The van der Waals surface area contributed by atoms with Crippen LogP contribution in [0.5, 0.6) is 0 Å². The van der Waals surface area contributed by atoms with E-state index >= 15 is 0 Å². The topological polar surface area (TPSA) is 50.3 Å². The van der Waals surface area contributed by atoms with Gasteiger partial charge in [0.2, 0.25) is 0 Å². The zero-order valence-corrected chi connectivity index (χ0v) is 11.3. The van der Waals surface area contributed by atoms with E-state index in [0.717, 1.165) is 57.3 Å². The van der Waals surface area contributed by atoms with Gasteiger partial charge in [-0.2, -0.15) is 0 Å². The molecule has 1 aromatic rings. The number of hydrogen-bond donors (Lipinski definition) is 1. The van der Waals surface area contributed by atoms with Crippen molar-refractivity contribution in [3.8, 4) is 0 Å². The number of nitrogens with one attached hydrogen (secondary N) is 1. The number of rotatable bonds is 4. The first kappa shape index (κ1) is 13.1. The van der Waals surface area contributed by atoms with Gasteiger partial charge in [-0.3, -0.25) is 0 Å². The fraction of sp³-hybridized carbons (Fsp3) is 0.692. The molecule has 5 heteroatoms. The number of aromatic nitrogens is 2. The van der Waals surface area contributed by atoms with Gasteiger partial charge in [0, 0.05) is 31.8 Å². The number of ether oxygens (including phenoxy) is 1. The molecule has 5 nitrogen and oxygen atoms in total. The van der Waals surface area contributed by atoms with Crippen molar-refractivity contribution in [3.05, 3.63) is 11.9 Å². The van der Waals surface area contributed by atoms with E-state index in [4.69, 9.17) is 4.74 Å². The van der Waals surface area contributed by atoms with Crippen molar-refractivity contribution in [3.63, 3.8) is 0 Å². The van der Waals surface area contributed by atoms with E-state index < -0.39 is 0 Å². The minimum Gasteiger partial charge on any atom is -0.380 e. The van der Waals surface area contributed by atoms with Crippen molar-refractivity contribution in [2.75, 3.05) is 43.1 Å². The SMILES string of the molecule is CCNc1ncnc(N2CCCOCC2)c1CC. The van der Waals surface area contributed by atoms with E-state index in [1.165, 1.54) is 5.56 Å². The first-order valence-corrected chi connectivity index (χ1v) is 6.77. The van der Waals surface area contributed by atoms with Crippen LogP contribution in [0, 0.1) is 0 Å². The molecular weight excluding hydrogens is 228 g/mol. The van der Waals surface area contributed by atoms with Crippen LogP contribution in [0.25, 0.3) is 0 Å². The van der Waals surface area contributed by atoms with E-state index in [1.807, 2.05) is 0 Å². The van der Waals surface area contributed by atoms with Gasteiger partial charge in [0.25, 0.3) is 0 Å². The Kier molecular flexibility index (Phi) is 4.75. The van der Waals surface area contributed by atoms with Crippen molar-refractivity contribution < 1.29 is 4.74 Å². The molecule has 0 aliphatic carbocycles. The van der Waals surface area contributed by atoms with E-state index in [1.54, 1.807) is 6.33 Å². The van der Waals surface area contributed by atoms with Crippen LogP contribution in [0.1, 0.15) is 25.8 Å². The number of nitrogens with zero attached hydrogens (tertiary/aromatic N) is 3. The average molecular weight is 250 g/mol. The standard InChI is InChI=1S/C13H22N4O/c1-3-11-12(14-4-2)15-10-16-13(11)17-6-5-8-18-9-7-17/h10H,3-9H2,1-2H3,(H,14,15,16). The second-order valence-corrected chi connectivity index (χ2v) is 4.36. The smallest absolute Gasteiger partial charge is 0.137 e. The summed E-state index contributed by atoms with van der Waals surface area (Å²) in [6, 6.07) is 0. The van der Waals surface area contributed by atoms with E-state index in [0.29, 0.717) is 0 Å². The lowest BCUT2D eigenvalue weighted by Crippen LogP contribution is -2.28. The first-order valence-electron chi connectivity index (χ1n) is 6.77. The predicted molar refractivity (Wildman–Crippen MR) is 73.2 cm³/mol. The van der Waals surface area contributed by atoms with Gasteiger partial charge in [-0.05, 0) is 19.8 Å². The van der Waals surface area contributed by atoms with Crippen molar-refractivity contribution >= 4 is 11.6 Å². The van der Waals surface area contributed by atoms with Gasteiger partial charge < -0.3 is 15.0 Å². The Labute approximate surface area is 109 Å². The van der Waals surface area contributed by atoms with E-state index in [-0.39, 0.29) is 0 Å². The predicted octanol–water partition coefficient (Wildman–Crippen LogP) is 1.70. The molecule has 0 saturated carbocycles. The summed E-state index contributed by atoms with van der Waals surface area (Å²) in [6.45, 7) is 8.67.